The Labute approximate surface area is 147 Å². The lowest BCUT2D eigenvalue weighted by atomic mass is 10.3. The van der Waals surface area contributed by atoms with Crippen LogP contribution in [0, 0.1) is 0 Å². The molecular formula is C15H16N6O3S. The zero-order chi connectivity index (χ0) is 17.2. The molecular weight excluding hydrogens is 344 g/mol. The Morgan fingerprint density at radius 3 is 2.84 bits per heavy atom. The van der Waals surface area contributed by atoms with Gasteiger partial charge in [-0.25, -0.2) is 0 Å². The Bertz CT molecular complexity index is 924. The number of rotatable bonds is 4. The van der Waals surface area contributed by atoms with Gasteiger partial charge in [-0.1, -0.05) is 11.8 Å². The van der Waals surface area contributed by atoms with Crippen LogP contribution in [0.5, 0.6) is 5.75 Å². The maximum atomic E-state index is 12.3. The van der Waals surface area contributed by atoms with Crippen LogP contribution in [0.1, 0.15) is 0 Å². The van der Waals surface area contributed by atoms with Crippen molar-refractivity contribution in [3.63, 3.8) is 0 Å². The van der Waals surface area contributed by atoms with Gasteiger partial charge in [0.05, 0.1) is 31.6 Å². The molecule has 1 amide bonds. The van der Waals surface area contributed by atoms with Gasteiger partial charge in [0.25, 0.3) is 5.78 Å². The topological polar surface area (TPSA) is 94.7 Å². The number of methoxy groups -OCH3 is 1. The molecule has 1 aliphatic rings. The number of amides is 1. The summed E-state index contributed by atoms with van der Waals surface area (Å²) in [5.74, 6) is 1.46. The SMILES string of the molecule is COc1ccc2c(c1)nnc1nnc(SCC(=O)N3CCOCC3)n12. The number of thioether (sulfide) groups is 1. The molecule has 0 spiro atoms. The smallest absolute Gasteiger partial charge is 0.275 e. The maximum absolute atomic E-state index is 12.3. The monoisotopic (exact) mass is 360 g/mol. The zero-order valence-corrected chi connectivity index (χ0v) is 14.4. The average Bonchev–Trinajstić information content (AvgIpc) is 3.09. The molecule has 1 saturated heterocycles. The van der Waals surface area contributed by atoms with Crippen LogP contribution in [0.4, 0.5) is 0 Å². The molecule has 0 aliphatic carbocycles. The van der Waals surface area contributed by atoms with Gasteiger partial charge >= 0.3 is 0 Å². The number of fused-ring (bicyclic) bond motifs is 3. The molecule has 4 rings (SSSR count). The minimum atomic E-state index is 0.0676. The first-order valence-corrected chi connectivity index (χ1v) is 8.79. The number of carbonyl (C=O) groups excluding carboxylic acids is 1. The highest BCUT2D eigenvalue weighted by atomic mass is 32.2. The van der Waals surface area contributed by atoms with Gasteiger partial charge in [0.1, 0.15) is 11.3 Å². The number of nitrogens with zero attached hydrogens (tertiary/aromatic N) is 6. The summed E-state index contributed by atoms with van der Waals surface area (Å²) < 4.78 is 12.3. The summed E-state index contributed by atoms with van der Waals surface area (Å²) in [4.78, 5) is 14.1. The van der Waals surface area contributed by atoms with Crippen LogP contribution in [0.3, 0.4) is 0 Å². The number of morpholine rings is 1. The van der Waals surface area contributed by atoms with E-state index in [0.29, 0.717) is 54.3 Å². The third-order valence-corrected chi connectivity index (χ3v) is 4.89. The third kappa shape index (κ3) is 3.10. The van der Waals surface area contributed by atoms with Crippen molar-refractivity contribution in [1.82, 2.24) is 29.7 Å². The third-order valence-electron chi connectivity index (χ3n) is 3.98. The van der Waals surface area contributed by atoms with Gasteiger partial charge in [-0.15, -0.1) is 20.4 Å². The van der Waals surface area contributed by atoms with E-state index < -0.39 is 0 Å². The molecule has 0 radical (unpaired) electrons. The van der Waals surface area contributed by atoms with Crippen molar-refractivity contribution in [1.29, 1.82) is 0 Å². The van der Waals surface area contributed by atoms with Crippen molar-refractivity contribution >= 4 is 34.5 Å². The summed E-state index contributed by atoms with van der Waals surface area (Å²) in [7, 11) is 1.60. The molecule has 0 unspecified atom stereocenters. The van der Waals surface area contributed by atoms with E-state index in [1.54, 1.807) is 17.6 Å². The normalized spacial score (nSPS) is 15.0. The van der Waals surface area contributed by atoms with Gasteiger partial charge in [0, 0.05) is 19.2 Å². The van der Waals surface area contributed by atoms with Crippen molar-refractivity contribution in [2.45, 2.75) is 5.16 Å². The van der Waals surface area contributed by atoms with Crippen molar-refractivity contribution in [2.24, 2.45) is 0 Å². The van der Waals surface area contributed by atoms with Gasteiger partial charge in [-0.05, 0) is 12.1 Å². The summed E-state index contributed by atoms with van der Waals surface area (Å²) in [6.45, 7) is 2.45. The Balaban J connectivity index is 1.61. The van der Waals surface area contributed by atoms with Gasteiger partial charge in [0.2, 0.25) is 5.91 Å². The van der Waals surface area contributed by atoms with Crippen molar-refractivity contribution in [3.8, 4) is 5.75 Å². The van der Waals surface area contributed by atoms with E-state index in [2.05, 4.69) is 20.4 Å². The van der Waals surface area contributed by atoms with Gasteiger partial charge in [-0.3, -0.25) is 9.20 Å². The van der Waals surface area contributed by atoms with E-state index in [9.17, 15) is 4.79 Å². The molecule has 10 heteroatoms. The van der Waals surface area contributed by atoms with E-state index >= 15 is 0 Å². The first-order valence-electron chi connectivity index (χ1n) is 7.80. The molecule has 2 aromatic heterocycles. The van der Waals surface area contributed by atoms with Crippen LogP contribution in [0.15, 0.2) is 23.4 Å². The Kier molecular flexibility index (Phi) is 4.36. The second-order valence-electron chi connectivity index (χ2n) is 5.45. The number of hydrogen-bond acceptors (Lipinski definition) is 8. The van der Waals surface area contributed by atoms with E-state index in [-0.39, 0.29) is 5.91 Å². The lowest BCUT2D eigenvalue weighted by molar-refractivity contribution is -0.132. The lowest BCUT2D eigenvalue weighted by Crippen LogP contribution is -2.41. The predicted octanol–water partition coefficient (Wildman–Crippen LogP) is 0.632. The molecule has 1 aromatic carbocycles. The first kappa shape index (κ1) is 16.0. The molecule has 1 aliphatic heterocycles. The molecule has 0 atom stereocenters. The molecule has 3 aromatic rings. The van der Waals surface area contributed by atoms with Crippen molar-refractivity contribution in [2.75, 3.05) is 39.2 Å². The van der Waals surface area contributed by atoms with Crippen LogP contribution in [-0.2, 0) is 9.53 Å². The molecule has 0 bridgehead atoms. The van der Waals surface area contributed by atoms with E-state index in [1.165, 1.54) is 11.8 Å². The molecule has 25 heavy (non-hydrogen) atoms. The van der Waals surface area contributed by atoms with E-state index in [0.717, 1.165) is 5.52 Å². The minimum Gasteiger partial charge on any atom is -0.497 e. The number of hydrogen-bond donors (Lipinski definition) is 0. The van der Waals surface area contributed by atoms with Crippen LogP contribution in [0.2, 0.25) is 0 Å². The highest BCUT2D eigenvalue weighted by Gasteiger charge is 2.19. The summed E-state index contributed by atoms with van der Waals surface area (Å²) in [5.41, 5.74) is 1.49. The fraction of sp³-hybridized carbons (Fsp3) is 0.400. The minimum absolute atomic E-state index is 0.0676. The zero-order valence-electron chi connectivity index (χ0n) is 13.6. The van der Waals surface area contributed by atoms with Crippen LogP contribution < -0.4 is 4.74 Å². The second-order valence-corrected chi connectivity index (χ2v) is 6.40. The summed E-state index contributed by atoms with van der Waals surface area (Å²) >= 11 is 1.34. The lowest BCUT2D eigenvalue weighted by Gasteiger charge is -2.26. The Morgan fingerprint density at radius 1 is 1.24 bits per heavy atom. The summed E-state index contributed by atoms with van der Waals surface area (Å²) in [6, 6.07) is 5.53. The van der Waals surface area contributed by atoms with Gasteiger partial charge in [-0.2, -0.15) is 0 Å². The molecule has 0 saturated carbocycles. The van der Waals surface area contributed by atoms with Crippen molar-refractivity contribution < 1.29 is 14.3 Å². The Hall–Kier alpha value is -2.46. The first-order chi connectivity index (χ1) is 12.3. The molecule has 130 valence electrons. The number of ether oxygens (including phenoxy) is 2. The van der Waals surface area contributed by atoms with Crippen LogP contribution in [0.25, 0.3) is 16.8 Å². The van der Waals surface area contributed by atoms with Crippen LogP contribution in [-0.4, -0.2) is 74.8 Å². The Morgan fingerprint density at radius 2 is 2.04 bits per heavy atom. The van der Waals surface area contributed by atoms with Crippen molar-refractivity contribution in [3.05, 3.63) is 18.2 Å². The van der Waals surface area contributed by atoms with Gasteiger partial charge < -0.3 is 14.4 Å². The molecule has 3 heterocycles. The molecule has 0 N–H and O–H groups in total. The molecule has 9 nitrogen and oxygen atoms in total. The fourth-order valence-electron chi connectivity index (χ4n) is 2.66. The van der Waals surface area contributed by atoms with E-state index in [1.807, 2.05) is 17.0 Å². The summed E-state index contributed by atoms with van der Waals surface area (Å²) in [5, 5.41) is 17.0. The number of carbonyl (C=O) groups is 1. The number of benzene rings is 1. The number of aromatic nitrogens is 5. The van der Waals surface area contributed by atoms with Crippen LogP contribution >= 0.6 is 11.8 Å². The van der Waals surface area contributed by atoms with E-state index in [4.69, 9.17) is 9.47 Å². The predicted molar refractivity (Wildman–Crippen MR) is 90.8 cm³/mol. The average molecular weight is 360 g/mol. The quantitative estimate of drug-likeness (QED) is 0.626. The molecule has 1 fully saturated rings. The highest BCUT2D eigenvalue weighted by molar-refractivity contribution is 7.99. The highest BCUT2D eigenvalue weighted by Crippen LogP contribution is 2.23. The van der Waals surface area contributed by atoms with Gasteiger partial charge in [0.15, 0.2) is 5.16 Å². The standard InChI is InChI=1S/C15H16N6O3S/c1-23-10-2-3-12-11(8-10)16-17-14-18-19-15(21(12)14)25-9-13(22)20-4-6-24-7-5-20/h2-3,8H,4-7,9H2,1H3. The fourth-order valence-corrected chi connectivity index (χ4v) is 3.50. The summed E-state index contributed by atoms with van der Waals surface area (Å²) in [6.07, 6.45) is 0. The second kappa shape index (κ2) is 6.81. The maximum Gasteiger partial charge on any atom is 0.275 e. The largest absolute Gasteiger partial charge is 0.497 e.